The first-order chi connectivity index (χ1) is 12.0. The summed E-state index contributed by atoms with van der Waals surface area (Å²) < 4.78 is 1.51. The van der Waals surface area contributed by atoms with Crippen molar-refractivity contribution in [1.82, 2.24) is 14.7 Å². The van der Waals surface area contributed by atoms with E-state index in [0.29, 0.717) is 11.9 Å². The normalized spacial score (nSPS) is 11.6. The van der Waals surface area contributed by atoms with Crippen LogP contribution in [-0.2, 0) is 6.54 Å². The summed E-state index contributed by atoms with van der Waals surface area (Å²) in [4.78, 5) is 14.5. The standard InChI is InChI=1S/C20H21N3O2/c1-22(2)11-12-23-20(25)19-10-7-16(13-17(19)14-21-23)4-3-15-5-8-18(24)9-6-15/h3-10,13-14,24H,11-12H2,1-2H3. The largest absolute Gasteiger partial charge is 0.508 e. The van der Waals surface area contributed by atoms with E-state index in [1.54, 1.807) is 18.3 Å². The van der Waals surface area contributed by atoms with Gasteiger partial charge in [0.2, 0.25) is 0 Å². The van der Waals surface area contributed by atoms with Crippen LogP contribution in [0.2, 0.25) is 0 Å². The maximum atomic E-state index is 12.5. The number of phenolic OH excluding ortho intramolecular Hbond substituents is 1. The second-order valence-corrected chi connectivity index (χ2v) is 6.25. The fraction of sp³-hybridized carbons (Fsp3) is 0.200. The van der Waals surface area contributed by atoms with Gasteiger partial charge in [-0.3, -0.25) is 4.79 Å². The molecule has 3 rings (SSSR count). The van der Waals surface area contributed by atoms with Gasteiger partial charge >= 0.3 is 0 Å². The number of hydrogen-bond acceptors (Lipinski definition) is 4. The number of fused-ring (bicyclic) bond motifs is 1. The molecule has 5 nitrogen and oxygen atoms in total. The lowest BCUT2D eigenvalue weighted by Gasteiger charge is -2.10. The topological polar surface area (TPSA) is 58.4 Å². The lowest BCUT2D eigenvalue weighted by molar-refractivity contribution is 0.368. The molecule has 0 saturated heterocycles. The SMILES string of the molecule is CN(C)CCn1ncc2cc(C=Cc3ccc(O)cc3)ccc2c1=O. The minimum Gasteiger partial charge on any atom is -0.508 e. The highest BCUT2D eigenvalue weighted by Crippen LogP contribution is 2.16. The van der Waals surface area contributed by atoms with Crippen LogP contribution in [0.15, 0.2) is 53.5 Å². The molecule has 0 aliphatic heterocycles. The Morgan fingerprint density at radius 1 is 1.08 bits per heavy atom. The minimum absolute atomic E-state index is 0.0617. The van der Waals surface area contributed by atoms with Gasteiger partial charge in [0.1, 0.15) is 5.75 Å². The lowest BCUT2D eigenvalue weighted by atomic mass is 10.1. The van der Waals surface area contributed by atoms with Gasteiger partial charge in [-0.05, 0) is 49.5 Å². The van der Waals surface area contributed by atoms with Crippen molar-refractivity contribution in [3.63, 3.8) is 0 Å². The van der Waals surface area contributed by atoms with Crippen LogP contribution in [0.4, 0.5) is 0 Å². The third-order valence-electron chi connectivity index (χ3n) is 4.00. The zero-order valence-corrected chi connectivity index (χ0v) is 14.4. The molecule has 0 amide bonds. The smallest absolute Gasteiger partial charge is 0.274 e. The van der Waals surface area contributed by atoms with Gasteiger partial charge < -0.3 is 10.0 Å². The number of hydrogen-bond donors (Lipinski definition) is 1. The molecule has 25 heavy (non-hydrogen) atoms. The molecule has 0 saturated carbocycles. The van der Waals surface area contributed by atoms with Crippen LogP contribution in [0.25, 0.3) is 22.9 Å². The molecule has 0 aliphatic rings. The van der Waals surface area contributed by atoms with Gasteiger partial charge in [0.25, 0.3) is 5.56 Å². The molecule has 0 bridgehead atoms. The van der Waals surface area contributed by atoms with Crippen molar-refractivity contribution in [2.75, 3.05) is 20.6 Å². The van der Waals surface area contributed by atoms with Crippen molar-refractivity contribution in [2.45, 2.75) is 6.54 Å². The molecular formula is C20H21N3O2. The number of likely N-dealkylation sites (N-methyl/N-ethyl adjacent to an activating group) is 1. The van der Waals surface area contributed by atoms with E-state index in [2.05, 4.69) is 5.10 Å². The highest BCUT2D eigenvalue weighted by Gasteiger charge is 2.05. The molecule has 0 aliphatic carbocycles. The van der Waals surface area contributed by atoms with Gasteiger partial charge in [-0.2, -0.15) is 5.10 Å². The summed E-state index contributed by atoms with van der Waals surface area (Å²) in [7, 11) is 3.94. The molecule has 128 valence electrons. The molecule has 0 unspecified atom stereocenters. The van der Waals surface area contributed by atoms with Crippen molar-refractivity contribution in [2.24, 2.45) is 0 Å². The van der Waals surface area contributed by atoms with Gasteiger partial charge in [0.05, 0.1) is 18.1 Å². The van der Waals surface area contributed by atoms with Crippen molar-refractivity contribution in [1.29, 1.82) is 0 Å². The Balaban J connectivity index is 1.86. The monoisotopic (exact) mass is 335 g/mol. The van der Waals surface area contributed by atoms with Crippen molar-refractivity contribution in [3.8, 4) is 5.75 Å². The van der Waals surface area contributed by atoms with Crippen LogP contribution in [0.5, 0.6) is 5.75 Å². The predicted octanol–water partition coefficient (Wildman–Crippen LogP) is 2.83. The minimum atomic E-state index is -0.0617. The number of aromatic hydroxyl groups is 1. The van der Waals surface area contributed by atoms with Crippen LogP contribution in [0.1, 0.15) is 11.1 Å². The van der Waals surface area contributed by atoms with Gasteiger partial charge in [-0.25, -0.2) is 4.68 Å². The van der Waals surface area contributed by atoms with E-state index in [4.69, 9.17) is 0 Å². The Bertz CT molecular complexity index is 957. The maximum absolute atomic E-state index is 12.5. The summed E-state index contributed by atoms with van der Waals surface area (Å²) in [6, 6.07) is 12.7. The first-order valence-corrected chi connectivity index (χ1v) is 8.15. The third kappa shape index (κ3) is 4.14. The molecule has 1 heterocycles. The van der Waals surface area contributed by atoms with Gasteiger partial charge in [-0.15, -0.1) is 0 Å². The Morgan fingerprint density at radius 3 is 2.48 bits per heavy atom. The summed E-state index contributed by atoms with van der Waals surface area (Å²) in [5.41, 5.74) is 1.93. The molecule has 1 aromatic heterocycles. The van der Waals surface area contributed by atoms with Crippen LogP contribution in [0.3, 0.4) is 0 Å². The summed E-state index contributed by atoms with van der Waals surface area (Å²) in [5, 5.41) is 15.1. The van der Waals surface area contributed by atoms with E-state index >= 15 is 0 Å². The Hall–Kier alpha value is -2.92. The summed E-state index contributed by atoms with van der Waals surface area (Å²) >= 11 is 0. The fourth-order valence-corrected chi connectivity index (χ4v) is 2.54. The van der Waals surface area contributed by atoms with Gasteiger partial charge in [0.15, 0.2) is 0 Å². The van der Waals surface area contributed by atoms with Crippen LogP contribution in [0, 0.1) is 0 Å². The van der Waals surface area contributed by atoms with Crippen LogP contribution in [-0.4, -0.2) is 40.4 Å². The van der Waals surface area contributed by atoms with E-state index in [1.165, 1.54) is 4.68 Å². The van der Waals surface area contributed by atoms with Crippen molar-refractivity contribution < 1.29 is 5.11 Å². The molecule has 5 heteroatoms. The third-order valence-corrected chi connectivity index (χ3v) is 4.00. The molecule has 0 spiro atoms. The van der Waals surface area contributed by atoms with Crippen molar-refractivity contribution in [3.05, 3.63) is 70.1 Å². The second-order valence-electron chi connectivity index (χ2n) is 6.25. The first-order valence-electron chi connectivity index (χ1n) is 8.15. The Kier molecular flexibility index (Phi) is 4.95. The van der Waals surface area contributed by atoms with E-state index < -0.39 is 0 Å². The second kappa shape index (κ2) is 7.32. The van der Waals surface area contributed by atoms with Crippen LogP contribution >= 0.6 is 0 Å². The number of nitrogens with zero attached hydrogens (tertiary/aromatic N) is 3. The fourth-order valence-electron chi connectivity index (χ4n) is 2.54. The maximum Gasteiger partial charge on any atom is 0.274 e. The lowest BCUT2D eigenvalue weighted by Crippen LogP contribution is -2.28. The van der Waals surface area contributed by atoms with E-state index in [0.717, 1.165) is 23.1 Å². The summed E-state index contributed by atoms with van der Waals surface area (Å²) in [6.45, 7) is 1.34. The van der Waals surface area contributed by atoms with Gasteiger partial charge in [-0.1, -0.05) is 30.4 Å². The molecule has 3 aromatic rings. The number of aromatic nitrogens is 2. The Morgan fingerprint density at radius 2 is 1.76 bits per heavy atom. The van der Waals surface area contributed by atoms with E-state index in [-0.39, 0.29) is 11.3 Å². The highest BCUT2D eigenvalue weighted by molar-refractivity contribution is 5.84. The first kappa shape index (κ1) is 16.9. The number of benzene rings is 2. The average molecular weight is 335 g/mol. The highest BCUT2D eigenvalue weighted by atomic mass is 16.3. The van der Waals surface area contributed by atoms with Gasteiger partial charge in [0, 0.05) is 11.9 Å². The molecule has 0 atom stereocenters. The number of phenols is 1. The number of rotatable bonds is 5. The molecule has 0 radical (unpaired) electrons. The summed E-state index contributed by atoms with van der Waals surface area (Å²) in [6.07, 6.45) is 5.68. The van der Waals surface area contributed by atoms with Crippen molar-refractivity contribution >= 4 is 22.9 Å². The molecule has 0 fully saturated rings. The molecule has 1 N–H and O–H groups in total. The Labute approximate surface area is 146 Å². The predicted molar refractivity (Wildman–Crippen MR) is 102 cm³/mol. The average Bonchev–Trinajstić information content (AvgIpc) is 2.60. The van der Waals surface area contributed by atoms with Crippen LogP contribution < -0.4 is 5.56 Å². The van der Waals surface area contributed by atoms with E-state index in [9.17, 15) is 9.90 Å². The zero-order chi connectivity index (χ0) is 17.8. The quantitative estimate of drug-likeness (QED) is 0.729. The zero-order valence-electron chi connectivity index (χ0n) is 14.4. The summed E-state index contributed by atoms with van der Waals surface area (Å²) in [5.74, 6) is 0.250. The molecule has 2 aromatic carbocycles. The molecular weight excluding hydrogens is 314 g/mol. The van der Waals surface area contributed by atoms with E-state index in [1.807, 2.05) is 61.5 Å².